The molecule has 86 heavy (non-hydrogen) atoms. The Morgan fingerprint density at radius 2 is 1.21 bits per heavy atom. The molecular formula is C64H49F4N9O9. The zero-order valence-electron chi connectivity index (χ0n) is 45.7. The Hall–Kier alpha value is -10.5. The number of carbonyl (C=O) groups is 1. The maximum absolute atomic E-state index is 16.4. The number of fused-ring (bicyclic) bond motifs is 2. The van der Waals surface area contributed by atoms with E-state index in [-0.39, 0.29) is 144 Å². The molecule has 0 saturated heterocycles. The van der Waals surface area contributed by atoms with Gasteiger partial charge in [0.25, 0.3) is 0 Å². The Bertz CT molecular complexity index is 4340. The number of benzene rings is 6. The lowest BCUT2D eigenvalue weighted by molar-refractivity contribution is -0.0424. The van der Waals surface area contributed by atoms with Gasteiger partial charge in [0.1, 0.15) is 66.3 Å². The number of ether oxygens (including phenoxy) is 5. The van der Waals surface area contributed by atoms with Gasteiger partial charge in [0, 0.05) is 73.0 Å². The largest absolute Gasteiger partial charge is 0.489 e. The van der Waals surface area contributed by atoms with E-state index in [1.807, 2.05) is 18.2 Å². The van der Waals surface area contributed by atoms with E-state index in [4.69, 9.17) is 44.2 Å². The summed E-state index contributed by atoms with van der Waals surface area (Å²) in [5.41, 5.74) is 3.77. The first-order valence-electron chi connectivity index (χ1n) is 26.6. The summed E-state index contributed by atoms with van der Waals surface area (Å²) in [6.45, 7) is 0.185. The van der Waals surface area contributed by atoms with E-state index in [0.717, 1.165) is 12.1 Å². The molecule has 0 radical (unpaired) electrons. The Kier molecular flexibility index (Phi) is 18.0. The molecule has 0 amide bonds. The second-order valence-electron chi connectivity index (χ2n) is 19.5. The van der Waals surface area contributed by atoms with Gasteiger partial charge in [-0.1, -0.05) is 48.5 Å². The number of aromatic carboxylic acids is 1. The molecule has 0 atom stereocenters. The quantitative estimate of drug-likeness (QED) is 0.0289. The van der Waals surface area contributed by atoms with Crippen molar-refractivity contribution in [2.45, 2.75) is 45.4 Å². The second-order valence-corrected chi connectivity index (χ2v) is 19.5. The SMILES string of the molecule is COCCn1c(Cc2ccc(-c3cccc(OCc4ccc(C#N)cc4F)n3)cc2F)nc2c(OCCOCCn3c(Cc4ccc(-c5cccc(OCc6ccc(C#N)cc6F)n5)c(F)c4C#N)nc4ccc(C(O)O)cc43)cc(C(=O)O)cc21. The number of halogens is 4. The summed E-state index contributed by atoms with van der Waals surface area (Å²) in [4.78, 5) is 31.0. The number of aromatic nitrogens is 6. The molecule has 0 unspecified atom stereocenters. The maximum Gasteiger partial charge on any atom is 0.335 e. The summed E-state index contributed by atoms with van der Waals surface area (Å²) in [5, 5.41) is 58.8. The first kappa shape index (κ1) is 58.6. The van der Waals surface area contributed by atoms with Gasteiger partial charge in [-0.05, 0) is 83.9 Å². The predicted octanol–water partition coefficient (Wildman–Crippen LogP) is 10.4. The third-order valence-electron chi connectivity index (χ3n) is 14.0. The molecule has 4 heterocycles. The van der Waals surface area contributed by atoms with Crippen LogP contribution in [0.25, 0.3) is 44.6 Å². The lowest BCUT2D eigenvalue weighted by Crippen LogP contribution is -2.14. The zero-order valence-corrected chi connectivity index (χ0v) is 45.7. The molecule has 0 fully saturated rings. The van der Waals surface area contributed by atoms with E-state index in [1.54, 1.807) is 63.7 Å². The summed E-state index contributed by atoms with van der Waals surface area (Å²) in [6.07, 6.45) is -1.85. The minimum atomic E-state index is -1.80. The van der Waals surface area contributed by atoms with E-state index in [0.29, 0.717) is 45.0 Å². The van der Waals surface area contributed by atoms with Crippen LogP contribution in [0.3, 0.4) is 0 Å². The highest BCUT2D eigenvalue weighted by Gasteiger charge is 2.23. The lowest BCUT2D eigenvalue weighted by atomic mass is 9.99. The highest BCUT2D eigenvalue weighted by Crippen LogP contribution is 2.33. The monoisotopic (exact) mass is 1160 g/mol. The molecule has 432 valence electrons. The van der Waals surface area contributed by atoms with Crippen LogP contribution < -0.4 is 14.2 Å². The molecule has 0 aliphatic heterocycles. The van der Waals surface area contributed by atoms with Crippen molar-refractivity contribution in [3.8, 4) is 58.2 Å². The van der Waals surface area contributed by atoms with Crippen molar-refractivity contribution in [2.75, 3.05) is 33.5 Å². The third-order valence-corrected chi connectivity index (χ3v) is 14.0. The fourth-order valence-electron chi connectivity index (χ4n) is 9.59. The van der Waals surface area contributed by atoms with Crippen LogP contribution in [0.1, 0.15) is 72.8 Å². The average Bonchev–Trinajstić information content (AvgIpc) is 2.07. The van der Waals surface area contributed by atoms with Gasteiger partial charge >= 0.3 is 5.97 Å². The Morgan fingerprint density at radius 1 is 0.593 bits per heavy atom. The normalized spacial score (nSPS) is 11.2. The lowest BCUT2D eigenvalue weighted by Gasteiger charge is -2.14. The van der Waals surface area contributed by atoms with Crippen molar-refractivity contribution in [3.05, 3.63) is 218 Å². The fourth-order valence-corrected chi connectivity index (χ4v) is 9.59. The number of rotatable bonds is 24. The van der Waals surface area contributed by atoms with Gasteiger partial charge in [0.05, 0.1) is 82.2 Å². The van der Waals surface area contributed by atoms with Crippen molar-refractivity contribution < 1.29 is 61.4 Å². The van der Waals surface area contributed by atoms with E-state index in [1.165, 1.54) is 73.8 Å². The third kappa shape index (κ3) is 13.1. The highest BCUT2D eigenvalue weighted by atomic mass is 19.1. The van der Waals surface area contributed by atoms with Crippen LogP contribution in [0.4, 0.5) is 17.6 Å². The maximum atomic E-state index is 16.4. The molecule has 0 spiro atoms. The number of nitriles is 3. The van der Waals surface area contributed by atoms with Gasteiger partial charge in [-0.2, -0.15) is 15.8 Å². The summed E-state index contributed by atoms with van der Waals surface area (Å²) >= 11 is 0. The van der Waals surface area contributed by atoms with Crippen LogP contribution in [0.2, 0.25) is 0 Å². The molecule has 6 aromatic carbocycles. The van der Waals surface area contributed by atoms with Crippen LogP contribution in [0, 0.1) is 57.3 Å². The number of carboxylic acids is 1. The topological polar surface area (TPSA) is 257 Å². The molecule has 0 bridgehead atoms. The van der Waals surface area contributed by atoms with Crippen molar-refractivity contribution in [1.29, 1.82) is 15.8 Å². The van der Waals surface area contributed by atoms with Gasteiger partial charge in [-0.15, -0.1) is 0 Å². The number of methoxy groups -OCH3 is 1. The highest BCUT2D eigenvalue weighted by molar-refractivity contribution is 5.95. The first-order chi connectivity index (χ1) is 41.7. The van der Waals surface area contributed by atoms with Crippen LogP contribution in [-0.2, 0) is 48.6 Å². The summed E-state index contributed by atoms with van der Waals surface area (Å²) < 4.78 is 94.2. The number of nitrogens with zero attached hydrogens (tertiary/aromatic N) is 9. The van der Waals surface area contributed by atoms with E-state index >= 15 is 8.78 Å². The summed E-state index contributed by atoms with van der Waals surface area (Å²) in [5.74, 6) is -2.73. The van der Waals surface area contributed by atoms with Gasteiger partial charge in [-0.25, -0.2) is 42.3 Å². The first-order valence-corrected chi connectivity index (χ1v) is 26.6. The molecule has 22 heteroatoms. The van der Waals surface area contributed by atoms with Crippen LogP contribution in [-0.4, -0.2) is 83.9 Å². The fraction of sp³-hybridized carbons (Fsp3) is 0.188. The number of hydrogen-bond donors (Lipinski definition) is 3. The van der Waals surface area contributed by atoms with Crippen molar-refractivity contribution in [2.24, 2.45) is 0 Å². The van der Waals surface area contributed by atoms with Gasteiger partial charge in [0.15, 0.2) is 12.1 Å². The van der Waals surface area contributed by atoms with Crippen LogP contribution >= 0.6 is 0 Å². The van der Waals surface area contributed by atoms with E-state index in [2.05, 4.69) is 9.97 Å². The Labute approximate surface area is 488 Å². The molecule has 10 aromatic rings. The van der Waals surface area contributed by atoms with Crippen LogP contribution in [0.5, 0.6) is 17.5 Å². The minimum absolute atomic E-state index is 0.00343. The number of carboxylic acid groups (broad SMARTS) is 1. The van der Waals surface area contributed by atoms with Gasteiger partial charge in [-0.3, -0.25) is 0 Å². The number of imidazole rings is 2. The average molecular weight is 1160 g/mol. The molecule has 3 N–H and O–H groups in total. The molecule has 0 saturated carbocycles. The van der Waals surface area contributed by atoms with Crippen molar-refractivity contribution in [1.82, 2.24) is 29.1 Å². The van der Waals surface area contributed by atoms with Crippen molar-refractivity contribution in [3.63, 3.8) is 0 Å². The minimum Gasteiger partial charge on any atom is -0.489 e. The Morgan fingerprint density at radius 3 is 1.85 bits per heavy atom. The zero-order chi connectivity index (χ0) is 60.4. The van der Waals surface area contributed by atoms with E-state index < -0.39 is 35.5 Å². The van der Waals surface area contributed by atoms with Crippen molar-refractivity contribution >= 4 is 28.0 Å². The molecule has 4 aromatic heterocycles. The summed E-state index contributed by atoms with van der Waals surface area (Å²) in [7, 11) is 1.51. The molecule has 0 aliphatic rings. The van der Waals surface area contributed by atoms with Gasteiger partial charge in [0.2, 0.25) is 11.8 Å². The summed E-state index contributed by atoms with van der Waals surface area (Å²) in [6, 6.07) is 38.5. The number of hydrogen-bond acceptors (Lipinski definition) is 15. The molecule has 0 aliphatic carbocycles. The molecular weight excluding hydrogens is 1110 g/mol. The Balaban J connectivity index is 0.827. The number of aliphatic hydroxyl groups is 2. The molecule has 18 nitrogen and oxygen atoms in total. The van der Waals surface area contributed by atoms with E-state index in [9.17, 15) is 34.2 Å². The van der Waals surface area contributed by atoms with Crippen LogP contribution in [0.15, 0.2) is 133 Å². The van der Waals surface area contributed by atoms with Gasteiger partial charge < -0.3 is 48.1 Å². The number of pyridine rings is 2. The number of aliphatic hydroxyl groups excluding tert-OH is 1. The predicted molar refractivity (Wildman–Crippen MR) is 302 cm³/mol. The molecule has 10 rings (SSSR count). The smallest absolute Gasteiger partial charge is 0.335 e. The second kappa shape index (κ2) is 26.4. The standard InChI is InChI=1S/C64H49F4N9O9/c1-82-20-18-77-55-28-45(64(80)81)29-56(62(55)75-58(77)31-40-12-13-41(26-50(40)67)51-4-2-6-59(73-51)85-35-43-10-8-37(32-69)24-48(43)65)84-23-22-83-21-19-76-54-27-42(63(78)79)15-17-53(54)72-57(76)30-39-14-16-46(61(68)47(39)34-71)52-5-3-7-60(74-52)86-36-44-11-9-38(33-70)25-49(44)66/h2-17,24-29,63,78-79H,18-23,30-31,35-36H2,1H3,(H,80,81).